The van der Waals surface area contributed by atoms with Gasteiger partial charge < -0.3 is 14.7 Å². The van der Waals surface area contributed by atoms with Crippen LogP contribution in [0, 0.1) is 11.8 Å². The molecule has 1 aromatic rings. The standard InChI is InChI=1S/C18H21NO5/c1-11(20)24-19-10-15-14(16-8-9-17(15)23-16)7-4-12-2-5-13(6-3-12)18(21)22/h2-3,5-6,10,14-17H,4,7-9H2,1H3,(H,21,22). The van der Waals surface area contributed by atoms with Crippen molar-refractivity contribution in [1.82, 2.24) is 0 Å². The summed E-state index contributed by atoms with van der Waals surface area (Å²) >= 11 is 0. The normalized spacial score (nSPS) is 28.4. The highest BCUT2D eigenvalue weighted by Crippen LogP contribution is 2.44. The van der Waals surface area contributed by atoms with E-state index in [1.807, 2.05) is 12.1 Å². The average Bonchev–Trinajstić information content (AvgIpc) is 3.14. The molecule has 4 unspecified atom stereocenters. The van der Waals surface area contributed by atoms with Crippen molar-refractivity contribution >= 4 is 18.2 Å². The minimum atomic E-state index is -0.912. The average molecular weight is 331 g/mol. The first-order valence-corrected chi connectivity index (χ1v) is 8.23. The molecule has 24 heavy (non-hydrogen) atoms. The number of carbonyl (C=O) groups is 2. The summed E-state index contributed by atoms with van der Waals surface area (Å²) in [5.41, 5.74) is 1.41. The number of aromatic carboxylic acids is 1. The van der Waals surface area contributed by atoms with Crippen LogP contribution in [0.15, 0.2) is 29.4 Å². The molecule has 0 saturated carbocycles. The highest BCUT2D eigenvalue weighted by atomic mass is 16.7. The Bertz CT molecular complexity index is 639. The lowest BCUT2D eigenvalue weighted by Gasteiger charge is -2.24. The summed E-state index contributed by atoms with van der Waals surface area (Å²) in [4.78, 5) is 26.4. The fourth-order valence-corrected chi connectivity index (χ4v) is 3.72. The van der Waals surface area contributed by atoms with Gasteiger partial charge in [0.05, 0.1) is 24.0 Å². The van der Waals surface area contributed by atoms with E-state index in [1.54, 1.807) is 18.3 Å². The third kappa shape index (κ3) is 3.64. The van der Waals surface area contributed by atoms with Gasteiger partial charge in [-0.15, -0.1) is 0 Å². The number of aryl methyl sites for hydroxylation is 1. The number of benzene rings is 1. The molecule has 6 nitrogen and oxygen atoms in total. The molecule has 1 aromatic carbocycles. The van der Waals surface area contributed by atoms with Gasteiger partial charge in [-0.3, -0.25) is 0 Å². The largest absolute Gasteiger partial charge is 0.478 e. The lowest BCUT2D eigenvalue weighted by Crippen LogP contribution is -2.28. The van der Waals surface area contributed by atoms with E-state index in [1.165, 1.54) is 6.92 Å². The third-order valence-electron chi connectivity index (χ3n) is 4.87. The Morgan fingerprint density at radius 1 is 1.29 bits per heavy atom. The van der Waals surface area contributed by atoms with Gasteiger partial charge >= 0.3 is 11.9 Å². The number of rotatable bonds is 6. The van der Waals surface area contributed by atoms with Gasteiger partial charge in [-0.1, -0.05) is 17.3 Å². The van der Waals surface area contributed by atoms with Crippen molar-refractivity contribution in [3.05, 3.63) is 35.4 Å². The van der Waals surface area contributed by atoms with Gasteiger partial charge in [0.1, 0.15) is 0 Å². The Morgan fingerprint density at radius 2 is 2.00 bits per heavy atom. The first kappa shape index (κ1) is 16.6. The lowest BCUT2D eigenvalue weighted by molar-refractivity contribution is -0.140. The van der Waals surface area contributed by atoms with Crippen molar-refractivity contribution < 1.29 is 24.3 Å². The summed E-state index contributed by atoms with van der Waals surface area (Å²) in [7, 11) is 0. The highest BCUT2D eigenvalue weighted by molar-refractivity contribution is 5.87. The zero-order valence-electron chi connectivity index (χ0n) is 13.6. The molecule has 4 atom stereocenters. The number of carboxylic acid groups (broad SMARTS) is 1. The smallest absolute Gasteiger partial charge is 0.335 e. The van der Waals surface area contributed by atoms with Crippen LogP contribution in [0.1, 0.15) is 42.1 Å². The molecule has 0 spiro atoms. The van der Waals surface area contributed by atoms with Gasteiger partial charge in [0.2, 0.25) is 0 Å². The number of nitrogens with zero attached hydrogens (tertiary/aromatic N) is 1. The molecule has 2 aliphatic heterocycles. The minimum absolute atomic E-state index is 0.161. The van der Waals surface area contributed by atoms with E-state index in [0.29, 0.717) is 11.5 Å². The van der Waals surface area contributed by atoms with Gasteiger partial charge in [0.15, 0.2) is 0 Å². The Balaban J connectivity index is 1.61. The lowest BCUT2D eigenvalue weighted by atomic mass is 9.77. The zero-order valence-corrected chi connectivity index (χ0v) is 13.6. The molecule has 6 heteroatoms. The summed E-state index contributed by atoms with van der Waals surface area (Å²) in [6.07, 6.45) is 5.98. The number of carboxylic acids is 1. The molecule has 0 radical (unpaired) electrons. The maximum Gasteiger partial charge on any atom is 0.335 e. The maximum absolute atomic E-state index is 10.9. The number of fused-ring (bicyclic) bond motifs is 2. The van der Waals surface area contributed by atoms with Crippen LogP contribution in [0.2, 0.25) is 0 Å². The third-order valence-corrected chi connectivity index (χ3v) is 4.87. The molecule has 2 aliphatic rings. The quantitative estimate of drug-likeness (QED) is 0.492. The molecule has 2 heterocycles. The van der Waals surface area contributed by atoms with Crippen LogP contribution in [-0.2, 0) is 20.8 Å². The number of hydrogen-bond donors (Lipinski definition) is 1. The Morgan fingerprint density at radius 3 is 2.67 bits per heavy atom. The van der Waals surface area contributed by atoms with Crippen molar-refractivity contribution in [2.24, 2.45) is 17.0 Å². The molecule has 0 aromatic heterocycles. The van der Waals surface area contributed by atoms with E-state index in [9.17, 15) is 9.59 Å². The summed E-state index contributed by atoms with van der Waals surface area (Å²) in [5.74, 6) is -0.821. The number of hydrogen-bond acceptors (Lipinski definition) is 5. The van der Waals surface area contributed by atoms with Crippen LogP contribution in [-0.4, -0.2) is 35.5 Å². The van der Waals surface area contributed by atoms with Crippen molar-refractivity contribution in [2.45, 2.75) is 44.8 Å². The molecule has 2 bridgehead atoms. The molecule has 2 fully saturated rings. The molecular formula is C18H21NO5. The van der Waals surface area contributed by atoms with Crippen molar-refractivity contribution in [1.29, 1.82) is 0 Å². The van der Waals surface area contributed by atoms with Gasteiger partial charge in [-0.2, -0.15) is 0 Å². The monoisotopic (exact) mass is 331 g/mol. The molecular weight excluding hydrogens is 310 g/mol. The van der Waals surface area contributed by atoms with E-state index >= 15 is 0 Å². The highest BCUT2D eigenvalue weighted by Gasteiger charge is 2.47. The molecule has 3 rings (SSSR count). The zero-order chi connectivity index (χ0) is 17.1. The Kier molecular flexibility index (Phi) is 4.94. The maximum atomic E-state index is 10.9. The van der Waals surface area contributed by atoms with Crippen molar-refractivity contribution in [3.8, 4) is 0 Å². The fourth-order valence-electron chi connectivity index (χ4n) is 3.72. The van der Waals surface area contributed by atoms with Crippen LogP contribution in [0.5, 0.6) is 0 Å². The van der Waals surface area contributed by atoms with Crippen molar-refractivity contribution in [2.75, 3.05) is 0 Å². The second kappa shape index (κ2) is 7.13. The van der Waals surface area contributed by atoms with Crippen molar-refractivity contribution in [3.63, 3.8) is 0 Å². The van der Waals surface area contributed by atoms with Gasteiger partial charge in [-0.25, -0.2) is 9.59 Å². The first-order valence-electron chi connectivity index (χ1n) is 8.23. The van der Waals surface area contributed by atoms with Gasteiger partial charge in [-0.05, 0) is 49.3 Å². The predicted octanol–water partition coefficient (Wildman–Crippen LogP) is 2.66. The first-order chi connectivity index (χ1) is 11.5. The second-order valence-electron chi connectivity index (χ2n) is 6.41. The summed E-state index contributed by atoms with van der Waals surface area (Å²) in [6, 6.07) is 6.99. The van der Waals surface area contributed by atoms with E-state index in [4.69, 9.17) is 9.84 Å². The van der Waals surface area contributed by atoms with Crippen LogP contribution in [0.4, 0.5) is 0 Å². The molecule has 1 N–H and O–H groups in total. The summed E-state index contributed by atoms with van der Waals surface area (Å²) in [5, 5.41) is 12.7. The van der Waals surface area contributed by atoms with E-state index in [2.05, 4.69) is 9.99 Å². The molecule has 2 saturated heterocycles. The molecule has 128 valence electrons. The summed E-state index contributed by atoms with van der Waals surface area (Å²) in [6.45, 7) is 1.33. The Hall–Kier alpha value is -2.21. The fraction of sp³-hybridized carbons (Fsp3) is 0.500. The number of oxime groups is 1. The minimum Gasteiger partial charge on any atom is -0.478 e. The number of ether oxygens (including phenoxy) is 1. The van der Waals surface area contributed by atoms with Crippen LogP contribution < -0.4 is 0 Å². The van der Waals surface area contributed by atoms with E-state index < -0.39 is 11.9 Å². The number of carbonyl (C=O) groups excluding carboxylic acids is 1. The van der Waals surface area contributed by atoms with E-state index in [-0.39, 0.29) is 18.1 Å². The predicted molar refractivity (Wildman–Crippen MR) is 86.9 cm³/mol. The summed E-state index contributed by atoms with van der Waals surface area (Å²) < 4.78 is 5.98. The second-order valence-corrected chi connectivity index (χ2v) is 6.41. The van der Waals surface area contributed by atoms with Gasteiger partial charge in [0, 0.05) is 12.8 Å². The van der Waals surface area contributed by atoms with Crippen LogP contribution in [0.3, 0.4) is 0 Å². The van der Waals surface area contributed by atoms with Gasteiger partial charge in [0.25, 0.3) is 0 Å². The molecule has 0 amide bonds. The topological polar surface area (TPSA) is 85.2 Å². The Labute approximate surface area is 140 Å². The SMILES string of the molecule is CC(=O)ON=CC1C2CCC(O2)C1CCc1ccc(C(=O)O)cc1. The van der Waals surface area contributed by atoms with Crippen LogP contribution in [0.25, 0.3) is 0 Å². The molecule has 0 aliphatic carbocycles. The van der Waals surface area contributed by atoms with Crippen LogP contribution >= 0.6 is 0 Å². The van der Waals surface area contributed by atoms with E-state index in [0.717, 1.165) is 31.2 Å².